The van der Waals surface area contributed by atoms with Gasteiger partial charge in [0.2, 0.25) is 5.91 Å². The Morgan fingerprint density at radius 3 is 2.50 bits per heavy atom. The molecule has 1 saturated carbocycles. The van der Waals surface area contributed by atoms with E-state index in [0.717, 1.165) is 18.4 Å². The SMILES string of the molecule is C[C@@H](OCc1ccccc1)C(=O)NCC1(N(C)C)CCCC1. The van der Waals surface area contributed by atoms with E-state index in [4.69, 9.17) is 4.74 Å². The minimum absolute atomic E-state index is 0.0240. The van der Waals surface area contributed by atoms with Gasteiger partial charge in [-0.05, 0) is 39.4 Å². The van der Waals surface area contributed by atoms with Crippen LogP contribution in [0.15, 0.2) is 30.3 Å². The van der Waals surface area contributed by atoms with Crippen molar-refractivity contribution in [1.82, 2.24) is 10.2 Å². The summed E-state index contributed by atoms with van der Waals surface area (Å²) < 4.78 is 5.67. The summed E-state index contributed by atoms with van der Waals surface area (Å²) in [5, 5.41) is 3.08. The normalized spacial score (nSPS) is 18.4. The predicted molar refractivity (Wildman–Crippen MR) is 88.6 cm³/mol. The molecule has 22 heavy (non-hydrogen) atoms. The number of rotatable bonds is 7. The number of nitrogens with one attached hydrogen (secondary N) is 1. The van der Waals surface area contributed by atoms with Gasteiger partial charge in [0.25, 0.3) is 0 Å². The maximum Gasteiger partial charge on any atom is 0.248 e. The van der Waals surface area contributed by atoms with Gasteiger partial charge in [0, 0.05) is 12.1 Å². The number of nitrogens with zero attached hydrogens (tertiary/aromatic N) is 1. The summed E-state index contributed by atoms with van der Waals surface area (Å²) in [5.74, 6) is -0.0240. The predicted octanol–water partition coefficient (Wildman–Crippen LogP) is 2.58. The van der Waals surface area contributed by atoms with Gasteiger partial charge in [-0.15, -0.1) is 0 Å². The lowest BCUT2D eigenvalue weighted by molar-refractivity contribution is -0.133. The van der Waals surface area contributed by atoms with Gasteiger partial charge in [-0.3, -0.25) is 4.79 Å². The molecule has 0 aliphatic heterocycles. The molecule has 1 aromatic carbocycles. The fourth-order valence-electron chi connectivity index (χ4n) is 3.08. The first-order chi connectivity index (χ1) is 10.5. The lowest BCUT2D eigenvalue weighted by atomic mass is 9.96. The molecule has 1 aliphatic rings. The third kappa shape index (κ3) is 4.31. The first-order valence-electron chi connectivity index (χ1n) is 8.14. The molecule has 0 saturated heterocycles. The Morgan fingerprint density at radius 1 is 1.27 bits per heavy atom. The minimum atomic E-state index is -0.430. The van der Waals surface area contributed by atoms with E-state index >= 15 is 0 Å². The van der Waals surface area contributed by atoms with Crippen LogP contribution in [0.1, 0.15) is 38.2 Å². The number of ether oxygens (including phenoxy) is 1. The van der Waals surface area contributed by atoms with Crippen LogP contribution in [0.25, 0.3) is 0 Å². The van der Waals surface area contributed by atoms with Crippen LogP contribution >= 0.6 is 0 Å². The van der Waals surface area contributed by atoms with Gasteiger partial charge in [0.05, 0.1) is 6.61 Å². The molecule has 122 valence electrons. The number of carbonyl (C=O) groups is 1. The van der Waals surface area contributed by atoms with E-state index in [1.54, 1.807) is 0 Å². The molecule has 1 aromatic rings. The number of likely N-dealkylation sites (N-methyl/N-ethyl adjacent to an activating group) is 1. The highest BCUT2D eigenvalue weighted by Crippen LogP contribution is 2.33. The molecule has 1 fully saturated rings. The van der Waals surface area contributed by atoms with Crippen molar-refractivity contribution >= 4 is 5.91 Å². The zero-order valence-electron chi connectivity index (χ0n) is 14.0. The van der Waals surface area contributed by atoms with Gasteiger partial charge in [-0.25, -0.2) is 0 Å². The van der Waals surface area contributed by atoms with Gasteiger partial charge in [-0.2, -0.15) is 0 Å². The zero-order chi connectivity index (χ0) is 16.0. The summed E-state index contributed by atoms with van der Waals surface area (Å²) in [6.07, 6.45) is 4.36. The Morgan fingerprint density at radius 2 is 1.91 bits per heavy atom. The monoisotopic (exact) mass is 304 g/mol. The second kappa shape index (κ2) is 7.75. The number of hydrogen-bond acceptors (Lipinski definition) is 3. The van der Waals surface area contributed by atoms with Crippen LogP contribution in [0, 0.1) is 0 Å². The average molecular weight is 304 g/mol. The van der Waals surface area contributed by atoms with E-state index in [2.05, 4.69) is 24.3 Å². The third-order valence-electron chi connectivity index (χ3n) is 4.79. The Bertz CT molecular complexity index is 467. The van der Waals surface area contributed by atoms with E-state index in [0.29, 0.717) is 13.2 Å². The van der Waals surface area contributed by atoms with Crippen LogP contribution in [0.3, 0.4) is 0 Å². The Hall–Kier alpha value is -1.39. The zero-order valence-corrected chi connectivity index (χ0v) is 14.0. The van der Waals surface area contributed by atoms with Crippen LogP contribution in [-0.4, -0.2) is 43.1 Å². The van der Waals surface area contributed by atoms with Crippen LogP contribution in [0.4, 0.5) is 0 Å². The number of benzene rings is 1. The molecule has 0 heterocycles. The van der Waals surface area contributed by atoms with E-state index in [1.165, 1.54) is 12.8 Å². The molecule has 4 nitrogen and oxygen atoms in total. The molecule has 0 unspecified atom stereocenters. The van der Waals surface area contributed by atoms with Crippen molar-refractivity contribution in [3.63, 3.8) is 0 Å². The maximum atomic E-state index is 12.2. The van der Waals surface area contributed by atoms with Crippen molar-refractivity contribution < 1.29 is 9.53 Å². The fraction of sp³-hybridized carbons (Fsp3) is 0.611. The summed E-state index contributed by atoms with van der Waals surface area (Å²) in [6.45, 7) is 2.99. The lowest BCUT2D eigenvalue weighted by Gasteiger charge is -2.36. The number of carbonyl (C=O) groups excluding carboxylic acids is 1. The molecule has 1 N–H and O–H groups in total. The highest BCUT2D eigenvalue weighted by molar-refractivity contribution is 5.80. The number of amides is 1. The largest absolute Gasteiger partial charge is 0.364 e. The van der Waals surface area contributed by atoms with Gasteiger partial charge in [0.15, 0.2) is 0 Å². The first kappa shape index (κ1) is 17.0. The third-order valence-corrected chi connectivity index (χ3v) is 4.79. The van der Waals surface area contributed by atoms with E-state index in [-0.39, 0.29) is 11.4 Å². The van der Waals surface area contributed by atoms with Crippen molar-refractivity contribution in [2.24, 2.45) is 0 Å². The highest BCUT2D eigenvalue weighted by atomic mass is 16.5. The van der Waals surface area contributed by atoms with Crippen molar-refractivity contribution in [2.45, 2.75) is 50.9 Å². The van der Waals surface area contributed by atoms with Crippen LogP contribution in [-0.2, 0) is 16.1 Å². The van der Waals surface area contributed by atoms with Gasteiger partial charge >= 0.3 is 0 Å². The molecule has 0 bridgehead atoms. The molecule has 0 spiro atoms. The topological polar surface area (TPSA) is 41.6 Å². The molecule has 0 aromatic heterocycles. The molecule has 2 rings (SSSR count). The summed E-state index contributed by atoms with van der Waals surface area (Å²) in [6, 6.07) is 9.94. The summed E-state index contributed by atoms with van der Waals surface area (Å²) in [7, 11) is 4.21. The maximum absolute atomic E-state index is 12.2. The van der Waals surface area contributed by atoms with E-state index < -0.39 is 6.10 Å². The fourth-order valence-corrected chi connectivity index (χ4v) is 3.08. The summed E-state index contributed by atoms with van der Waals surface area (Å²) in [4.78, 5) is 14.5. The van der Waals surface area contributed by atoms with Crippen molar-refractivity contribution in [1.29, 1.82) is 0 Å². The van der Waals surface area contributed by atoms with Crippen molar-refractivity contribution in [3.8, 4) is 0 Å². The van der Waals surface area contributed by atoms with Gasteiger partial charge in [0.1, 0.15) is 6.10 Å². The molecule has 0 radical (unpaired) electrons. The van der Waals surface area contributed by atoms with Crippen LogP contribution < -0.4 is 5.32 Å². The quantitative estimate of drug-likeness (QED) is 0.842. The molecule has 4 heteroatoms. The van der Waals surface area contributed by atoms with E-state index in [1.807, 2.05) is 37.3 Å². The second-order valence-corrected chi connectivity index (χ2v) is 6.48. The van der Waals surface area contributed by atoms with E-state index in [9.17, 15) is 4.79 Å². The van der Waals surface area contributed by atoms with Gasteiger partial charge < -0.3 is 15.0 Å². The number of hydrogen-bond donors (Lipinski definition) is 1. The molecule has 1 amide bonds. The Balaban J connectivity index is 1.78. The summed E-state index contributed by atoms with van der Waals surface area (Å²) >= 11 is 0. The average Bonchev–Trinajstić information content (AvgIpc) is 3.01. The molecule has 1 aliphatic carbocycles. The van der Waals surface area contributed by atoms with Crippen molar-refractivity contribution in [3.05, 3.63) is 35.9 Å². The molecule has 1 atom stereocenters. The second-order valence-electron chi connectivity index (χ2n) is 6.48. The smallest absolute Gasteiger partial charge is 0.248 e. The molecular weight excluding hydrogens is 276 g/mol. The van der Waals surface area contributed by atoms with Crippen molar-refractivity contribution in [2.75, 3.05) is 20.6 Å². The minimum Gasteiger partial charge on any atom is -0.364 e. The highest BCUT2D eigenvalue weighted by Gasteiger charge is 2.36. The molecular formula is C18H28N2O2. The first-order valence-corrected chi connectivity index (χ1v) is 8.14. The standard InChI is InChI=1S/C18H28N2O2/c1-15(22-13-16-9-5-4-6-10-16)17(21)19-14-18(20(2)3)11-7-8-12-18/h4-6,9-10,15H,7-8,11-14H2,1-3H3,(H,19,21)/t15-/m1/s1. The van der Waals surface area contributed by atoms with Crippen LogP contribution in [0.2, 0.25) is 0 Å². The summed E-state index contributed by atoms with van der Waals surface area (Å²) in [5.41, 5.74) is 1.21. The Kier molecular flexibility index (Phi) is 5.98. The van der Waals surface area contributed by atoms with Crippen LogP contribution in [0.5, 0.6) is 0 Å². The lowest BCUT2D eigenvalue weighted by Crippen LogP contribution is -2.52. The van der Waals surface area contributed by atoms with Gasteiger partial charge in [-0.1, -0.05) is 43.2 Å². The Labute approximate surface area is 133 Å².